The zero-order valence-electron chi connectivity index (χ0n) is 11.1. The van der Waals surface area contributed by atoms with Gasteiger partial charge in [0, 0.05) is 17.5 Å². The summed E-state index contributed by atoms with van der Waals surface area (Å²) in [5.74, 6) is 0.541. The SMILES string of the molecule is CCCNc1cc([N+](=O)[O-])cc(Sc2ccccc2)n1. The number of anilines is 1. The highest BCUT2D eigenvalue weighted by Gasteiger charge is 2.12. The van der Waals surface area contributed by atoms with E-state index in [-0.39, 0.29) is 5.69 Å². The van der Waals surface area contributed by atoms with Crippen molar-refractivity contribution in [3.8, 4) is 0 Å². The largest absolute Gasteiger partial charge is 0.370 e. The molecule has 0 spiro atoms. The van der Waals surface area contributed by atoms with Crippen LogP contribution >= 0.6 is 11.8 Å². The lowest BCUT2D eigenvalue weighted by Crippen LogP contribution is -2.03. The van der Waals surface area contributed by atoms with E-state index in [9.17, 15) is 10.1 Å². The number of hydrogen-bond donors (Lipinski definition) is 1. The number of nitro groups is 1. The summed E-state index contributed by atoms with van der Waals surface area (Å²) in [6.07, 6.45) is 0.936. The van der Waals surface area contributed by atoms with E-state index < -0.39 is 4.92 Å². The predicted octanol–water partition coefficient (Wildman–Crippen LogP) is 3.96. The first-order valence-corrected chi connectivity index (χ1v) is 7.14. The van der Waals surface area contributed by atoms with Crippen molar-refractivity contribution in [2.45, 2.75) is 23.3 Å². The Balaban J connectivity index is 2.26. The summed E-state index contributed by atoms with van der Waals surface area (Å²) in [4.78, 5) is 16.0. The number of nitrogens with zero attached hydrogens (tertiary/aromatic N) is 2. The highest BCUT2D eigenvalue weighted by molar-refractivity contribution is 7.99. The van der Waals surface area contributed by atoms with E-state index in [4.69, 9.17) is 0 Å². The highest BCUT2D eigenvalue weighted by atomic mass is 32.2. The number of rotatable bonds is 6. The van der Waals surface area contributed by atoms with Gasteiger partial charge >= 0.3 is 0 Å². The molecule has 0 unspecified atom stereocenters. The maximum Gasteiger partial charge on any atom is 0.275 e. The van der Waals surface area contributed by atoms with Crippen LogP contribution in [0.5, 0.6) is 0 Å². The van der Waals surface area contributed by atoms with Gasteiger partial charge in [-0.15, -0.1) is 0 Å². The van der Waals surface area contributed by atoms with Crippen molar-refractivity contribution in [2.24, 2.45) is 0 Å². The summed E-state index contributed by atoms with van der Waals surface area (Å²) < 4.78 is 0. The molecule has 1 aromatic heterocycles. The fourth-order valence-electron chi connectivity index (χ4n) is 1.60. The molecule has 0 aliphatic carbocycles. The Morgan fingerprint density at radius 2 is 2.05 bits per heavy atom. The lowest BCUT2D eigenvalue weighted by molar-refractivity contribution is -0.385. The molecule has 1 heterocycles. The first-order chi connectivity index (χ1) is 9.69. The second-order valence-electron chi connectivity index (χ2n) is 4.15. The zero-order valence-corrected chi connectivity index (χ0v) is 11.9. The van der Waals surface area contributed by atoms with E-state index in [2.05, 4.69) is 10.3 Å². The fourth-order valence-corrected chi connectivity index (χ4v) is 2.46. The minimum absolute atomic E-state index is 0.0528. The molecule has 0 aliphatic heterocycles. The maximum absolute atomic E-state index is 11.0. The Kier molecular flexibility index (Phi) is 4.95. The number of hydrogen-bond acceptors (Lipinski definition) is 5. The average molecular weight is 289 g/mol. The summed E-state index contributed by atoms with van der Waals surface area (Å²) in [5, 5.41) is 14.7. The topological polar surface area (TPSA) is 68.1 Å². The molecule has 0 amide bonds. The lowest BCUT2D eigenvalue weighted by Gasteiger charge is -2.06. The molecule has 0 saturated carbocycles. The van der Waals surface area contributed by atoms with Crippen molar-refractivity contribution < 1.29 is 4.92 Å². The minimum atomic E-state index is -0.395. The number of pyridine rings is 1. The molecule has 0 atom stereocenters. The second-order valence-corrected chi connectivity index (χ2v) is 5.24. The van der Waals surface area contributed by atoms with Gasteiger partial charge in [0.25, 0.3) is 5.69 Å². The molecule has 0 saturated heterocycles. The van der Waals surface area contributed by atoms with Crippen molar-refractivity contribution in [1.29, 1.82) is 0 Å². The Hall–Kier alpha value is -2.08. The summed E-state index contributed by atoms with van der Waals surface area (Å²) in [6.45, 7) is 2.77. The molecule has 2 rings (SSSR count). The van der Waals surface area contributed by atoms with Crippen LogP contribution in [0.25, 0.3) is 0 Å². The van der Waals surface area contributed by atoms with Crippen molar-refractivity contribution in [3.63, 3.8) is 0 Å². The van der Waals surface area contributed by atoms with Gasteiger partial charge < -0.3 is 5.32 Å². The first-order valence-electron chi connectivity index (χ1n) is 6.32. The summed E-state index contributed by atoms with van der Waals surface area (Å²) in [5.41, 5.74) is 0.0528. The van der Waals surface area contributed by atoms with Crippen LogP contribution in [0.4, 0.5) is 11.5 Å². The molecule has 1 aromatic carbocycles. The van der Waals surface area contributed by atoms with Crippen LogP contribution in [0.1, 0.15) is 13.3 Å². The van der Waals surface area contributed by atoms with Crippen molar-refractivity contribution >= 4 is 23.3 Å². The second kappa shape index (κ2) is 6.91. The summed E-state index contributed by atoms with van der Waals surface area (Å²) in [7, 11) is 0. The molecule has 104 valence electrons. The number of aromatic nitrogens is 1. The van der Waals surface area contributed by atoms with E-state index in [0.29, 0.717) is 10.8 Å². The number of benzene rings is 1. The van der Waals surface area contributed by atoms with Gasteiger partial charge in [0.2, 0.25) is 0 Å². The molecule has 1 N–H and O–H groups in total. The molecular weight excluding hydrogens is 274 g/mol. The van der Waals surface area contributed by atoms with Gasteiger partial charge in [0.1, 0.15) is 10.8 Å². The van der Waals surface area contributed by atoms with Gasteiger partial charge in [0.15, 0.2) is 0 Å². The molecule has 0 radical (unpaired) electrons. The Morgan fingerprint density at radius 3 is 2.70 bits per heavy atom. The van der Waals surface area contributed by atoms with Crippen LogP contribution in [0, 0.1) is 10.1 Å². The summed E-state index contributed by atoms with van der Waals surface area (Å²) in [6, 6.07) is 12.6. The average Bonchev–Trinajstić information content (AvgIpc) is 2.46. The number of nitrogens with one attached hydrogen (secondary N) is 1. The predicted molar refractivity (Wildman–Crippen MR) is 80.2 cm³/mol. The normalized spacial score (nSPS) is 10.2. The fraction of sp³-hybridized carbons (Fsp3) is 0.214. The van der Waals surface area contributed by atoms with E-state index in [1.165, 1.54) is 23.9 Å². The summed E-state index contributed by atoms with van der Waals surface area (Å²) >= 11 is 1.41. The Labute approximate surface area is 121 Å². The molecule has 2 aromatic rings. The van der Waals surface area contributed by atoms with Gasteiger partial charge in [-0.25, -0.2) is 4.98 Å². The maximum atomic E-state index is 11.0. The highest BCUT2D eigenvalue weighted by Crippen LogP contribution is 2.30. The van der Waals surface area contributed by atoms with Crippen LogP contribution in [0.15, 0.2) is 52.4 Å². The zero-order chi connectivity index (χ0) is 14.4. The molecule has 6 heteroatoms. The van der Waals surface area contributed by atoms with Crippen LogP contribution in [0.2, 0.25) is 0 Å². The molecule has 0 fully saturated rings. The van der Waals surface area contributed by atoms with E-state index >= 15 is 0 Å². The molecule has 0 aliphatic rings. The van der Waals surface area contributed by atoms with Crippen LogP contribution < -0.4 is 5.32 Å². The molecular formula is C14H15N3O2S. The molecule has 20 heavy (non-hydrogen) atoms. The third kappa shape index (κ3) is 3.96. The van der Waals surface area contributed by atoms with Gasteiger partial charge in [-0.05, 0) is 18.6 Å². The van der Waals surface area contributed by atoms with Gasteiger partial charge in [0.05, 0.1) is 11.0 Å². The standard InChI is InChI=1S/C14H15N3O2S/c1-2-8-15-13-9-11(17(18)19)10-14(16-13)20-12-6-4-3-5-7-12/h3-7,9-10H,2,8H2,1H3,(H,15,16). The van der Waals surface area contributed by atoms with Gasteiger partial charge in [-0.1, -0.05) is 36.9 Å². The quantitative estimate of drug-likeness (QED) is 0.644. The van der Waals surface area contributed by atoms with Crippen molar-refractivity contribution in [2.75, 3.05) is 11.9 Å². The van der Waals surface area contributed by atoms with E-state index in [0.717, 1.165) is 17.9 Å². The Bertz CT molecular complexity index is 590. The van der Waals surface area contributed by atoms with Crippen molar-refractivity contribution in [3.05, 3.63) is 52.6 Å². The van der Waals surface area contributed by atoms with Gasteiger partial charge in [-0.3, -0.25) is 10.1 Å². The van der Waals surface area contributed by atoms with Gasteiger partial charge in [-0.2, -0.15) is 0 Å². The van der Waals surface area contributed by atoms with E-state index in [1.807, 2.05) is 37.3 Å². The van der Waals surface area contributed by atoms with Crippen LogP contribution in [-0.4, -0.2) is 16.5 Å². The third-order valence-electron chi connectivity index (χ3n) is 2.52. The van der Waals surface area contributed by atoms with Crippen molar-refractivity contribution in [1.82, 2.24) is 4.98 Å². The van der Waals surface area contributed by atoms with Crippen LogP contribution in [-0.2, 0) is 0 Å². The Morgan fingerprint density at radius 1 is 1.30 bits per heavy atom. The first kappa shape index (κ1) is 14.3. The van der Waals surface area contributed by atoms with Crippen LogP contribution in [0.3, 0.4) is 0 Å². The monoisotopic (exact) mass is 289 g/mol. The third-order valence-corrected chi connectivity index (χ3v) is 3.45. The minimum Gasteiger partial charge on any atom is -0.370 e. The van der Waals surface area contributed by atoms with E-state index in [1.54, 1.807) is 0 Å². The molecule has 5 nitrogen and oxygen atoms in total. The smallest absolute Gasteiger partial charge is 0.275 e. The molecule has 0 bridgehead atoms. The lowest BCUT2D eigenvalue weighted by atomic mass is 10.4.